The van der Waals surface area contributed by atoms with Crippen LogP contribution in [0.25, 0.3) is 0 Å². The van der Waals surface area contributed by atoms with Gasteiger partial charge in [-0.2, -0.15) is 0 Å². The van der Waals surface area contributed by atoms with Crippen molar-refractivity contribution in [1.29, 1.82) is 0 Å². The van der Waals surface area contributed by atoms with Gasteiger partial charge < -0.3 is 9.90 Å². The first-order valence-electron chi connectivity index (χ1n) is 5.34. The molecule has 1 aromatic rings. The number of carbonyl (C=O) groups is 1. The third-order valence-electron chi connectivity index (χ3n) is 2.39. The van der Waals surface area contributed by atoms with Gasteiger partial charge in [0.1, 0.15) is 4.90 Å². The molecule has 0 aromatic heterocycles. The summed E-state index contributed by atoms with van der Waals surface area (Å²) in [4.78, 5) is 10.6. The van der Waals surface area contributed by atoms with Gasteiger partial charge in [0, 0.05) is 0 Å². The quantitative estimate of drug-likeness (QED) is 0.876. The monoisotopic (exact) mass is 324 g/mol. The second-order valence-electron chi connectivity index (χ2n) is 4.21. The second-order valence-corrected chi connectivity index (χ2v) is 6.68. The summed E-state index contributed by atoms with van der Waals surface area (Å²) < 4.78 is 26.3. The SMILES string of the molecule is CC(C)[C@@H](NS(=O)(=O)c1c(Cl)cccc1Cl)C(=O)[O-]. The van der Waals surface area contributed by atoms with E-state index in [1.807, 2.05) is 4.72 Å². The van der Waals surface area contributed by atoms with Crippen molar-refractivity contribution in [1.82, 2.24) is 4.72 Å². The molecule has 0 aliphatic rings. The number of carboxylic acids is 1. The van der Waals surface area contributed by atoms with Gasteiger partial charge in [-0.3, -0.25) is 0 Å². The maximum absolute atomic E-state index is 12.1. The van der Waals surface area contributed by atoms with Gasteiger partial charge in [0.15, 0.2) is 0 Å². The van der Waals surface area contributed by atoms with E-state index in [9.17, 15) is 18.3 Å². The summed E-state index contributed by atoms with van der Waals surface area (Å²) in [5.41, 5.74) is 0. The molecule has 1 aromatic carbocycles. The average Bonchev–Trinajstić information content (AvgIpc) is 2.24. The number of carbonyl (C=O) groups excluding carboxylic acids is 1. The van der Waals surface area contributed by atoms with Gasteiger partial charge in [-0.05, 0) is 18.1 Å². The van der Waals surface area contributed by atoms with Crippen molar-refractivity contribution in [2.75, 3.05) is 0 Å². The van der Waals surface area contributed by atoms with E-state index in [0.29, 0.717) is 0 Å². The fraction of sp³-hybridized carbons (Fsp3) is 0.364. The van der Waals surface area contributed by atoms with E-state index >= 15 is 0 Å². The molecule has 5 nitrogen and oxygen atoms in total. The lowest BCUT2D eigenvalue weighted by atomic mass is 10.1. The Morgan fingerprint density at radius 2 is 1.74 bits per heavy atom. The molecule has 1 atom stereocenters. The number of sulfonamides is 1. The predicted octanol–water partition coefficient (Wildman–Crippen LogP) is 1.05. The van der Waals surface area contributed by atoms with Gasteiger partial charge in [0.25, 0.3) is 0 Å². The van der Waals surface area contributed by atoms with Gasteiger partial charge in [-0.1, -0.05) is 43.1 Å². The van der Waals surface area contributed by atoms with E-state index in [-0.39, 0.29) is 14.9 Å². The van der Waals surface area contributed by atoms with E-state index in [1.54, 1.807) is 13.8 Å². The van der Waals surface area contributed by atoms with Crippen molar-refractivity contribution in [3.05, 3.63) is 28.2 Å². The van der Waals surface area contributed by atoms with Crippen molar-refractivity contribution >= 4 is 39.2 Å². The second kappa shape index (κ2) is 6.09. The van der Waals surface area contributed by atoms with Crippen LogP contribution >= 0.6 is 23.2 Å². The Balaban J connectivity index is 3.22. The minimum absolute atomic E-state index is 0.0825. The highest BCUT2D eigenvalue weighted by molar-refractivity contribution is 7.89. The van der Waals surface area contributed by atoms with Gasteiger partial charge in [0.2, 0.25) is 10.0 Å². The first-order valence-corrected chi connectivity index (χ1v) is 7.58. The first-order chi connectivity index (χ1) is 8.66. The van der Waals surface area contributed by atoms with Crippen molar-refractivity contribution in [2.45, 2.75) is 24.8 Å². The number of carboxylic acid groups (broad SMARTS) is 1. The van der Waals surface area contributed by atoms with Crippen LogP contribution in [0.4, 0.5) is 0 Å². The minimum atomic E-state index is -4.15. The zero-order valence-electron chi connectivity index (χ0n) is 10.2. The average molecular weight is 325 g/mol. The Morgan fingerprint density at radius 3 is 2.11 bits per heavy atom. The number of halogens is 2. The van der Waals surface area contributed by atoms with E-state index in [0.717, 1.165) is 0 Å². The summed E-state index contributed by atoms with van der Waals surface area (Å²) in [6, 6.07) is 2.83. The number of nitrogens with one attached hydrogen (secondary N) is 1. The Labute approximate surface area is 121 Å². The molecule has 0 heterocycles. The van der Waals surface area contributed by atoms with Crippen LogP contribution in [0.1, 0.15) is 13.8 Å². The zero-order valence-corrected chi connectivity index (χ0v) is 12.5. The molecule has 106 valence electrons. The molecular formula is C11H12Cl2NO4S-. The summed E-state index contributed by atoms with van der Waals surface area (Å²) in [5.74, 6) is -2.00. The lowest BCUT2D eigenvalue weighted by molar-refractivity contribution is -0.309. The summed E-state index contributed by atoms with van der Waals surface area (Å²) >= 11 is 11.6. The highest BCUT2D eigenvalue weighted by Crippen LogP contribution is 2.29. The molecular weight excluding hydrogens is 313 g/mol. The maximum Gasteiger partial charge on any atom is 0.244 e. The fourth-order valence-corrected chi connectivity index (χ4v) is 3.90. The molecule has 0 bridgehead atoms. The number of benzene rings is 1. The van der Waals surface area contributed by atoms with Crippen LogP contribution < -0.4 is 9.83 Å². The molecule has 0 amide bonds. The molecule has 0 unspecified atom stereocenters. The molecule has 0 saturated heterocycles. The van der Waals surface area contributed by atoms with Crippen LogP contribution in [0.15, 0.2) is 23.1 Å². The fourth-order valence-electron chi connectivity index (χ4n) is 1.42. The minimum Gasteiger partial charge on any atom is -0.548 e. The van der Waals surface area contributed by atoms with E-state index < -0.39 is 28.0 Å². The van der Waals surface area contributed by atoms with E-state index in [1.165, 1.54) is 18.2 Å². The molecule has 1 N–H and O–H groups in total. The number of rotatable bonds is 5. The Morgan fingerprint density at radius 1 is 1.26 bits per heavy atom. The molecule has 0 aliphatic carbocycles. The number of aliphatic carboxylic acids is 1. The topological polar surface area (TPSA) is 86.3 Å². The van der Waals surface area contributed by atoms with Crippen LogP contribution in [0.5, 0.6) is 0 Å². The van der Waals surface area contributed by atoms with Crippen molar-refractivity contribution in [3.8, 4) is 0 Å². The van der Waals surface area contributed by atoms with Gasteiger partial charge >= 0.3 is 0 Å². The highest BCUT2D eigenvalue weighted by Gasteiger charge is 2.27. The van der Waals surface area contributed by atoms with Crippen LogP contribution in [-0.2, 0) is 14.8 Å². The number of hydrogen-bond donors (Lipinski definition) is 1. The summed E-state index contributed by atoms with van der Waals surface area (Å²) in [7, 11) is -4.15. The Bertz CT molecular complexity index is 566. The summed E-state index contributed by atoms with van der Waals surface area (Å²) in [6.45, 7) is 3.11. The van der Waals surface area contributed by atoms with Gasteiger partial charge in [-0.25, -0.2) is 13.1 Å². The standard InChI is InChI=1S/C11H13Cl2NO4S/c1-6(2)9(11(15)16)14-19(17,18)10-7(12)4-3-5-8(10)13/h3-6,9,14H,1-2H3,(H,15,16)/p-1/t9-/m1/s1. The van der Waals surface area contributed by atoms with Gasteiger partial charge in [0.05, 0.1) is 22.1 Å². The zero-order chi connectivity index (χ0) is 14.8. The van der Waals surface area contributed by atoms with Crippen LogP contribution in [0.2, 0.25) is 10.0 Å². The maximum atomic E-state index is 12.1. The number of hydrogen-bond acceptors (Lipinski definition) is 4. The van der Waals surface area contributed by atoms with E-state index in [2.05, 4.69) is 0 Å². The highest BCUT2D eigenvalue weighted by atomic mass is 35.5. The molecule has 19 heavy (non-hydrogen) atoms. The Hall–Kier alpha value is -0.820. The van der Waals surface area contributed by atoms with E-state index in [4.69, 9.17) is 23.2 Å². The van der Waals surface area contributed by atoms with Crippen LogP contribution in [0.3, 0.4) is 0 Å². The largest absolute Gasteiger partial charge is 0.548 e. The predicted molar refractivity (Wildman–Crippen MR) is 70.4 cm³/mol. The van der Waals surface area contributed by atoms with Crippen molar-refractivity contribution in [3.63, 3.8) is 0 Å². The first kappa shape index (κ1) is 16.2. The molecule has 8 heteroatoms. The van der Waals surface area contributed by atoms with Crippen LogP contribution in [0, 0.1) is 5.92 Å². The summed E-state index contributed by atoms with van der Waals surface area (Å²) in [5, 5.41) is 10.8. The Kier molecular flexibility index (Phi) is 5.20. The van der Waals surface area contributed by atoms with Crippen molar-refractivity contribution < 1.29 is 18.3 Å². The van der Waals surface area contributed by atoms with Crippen LogP contribution in [-0.4, -0.2) is 20.4 Å². The molecule has 0 fully saturated rings. The lowest BCUT2D eigenvalue weighted by Gasteiger charge is -2.23. The molecule has 0 aliphatic heterocycles. The molecule has 1 rings (SSSR count). The third kappa shape index (κ3) is 3.82. The summed E-state index contributed by atoms with van der Waals surface area (Å²) in [6.07, 6.45) is 0. The molecule has 0 radical (unpaired) electrons. The normalized spacial score (nSPS) is 13.5. The molecule has 0 saturated carbocycles. The third-order valence-corrected chi connectivity index (χ3v) is 4.79. The lowest BCUT2D eigenvalue weighted by Crippen LogP contribution is -2.50. The smallest absolute Gasteiger partial charge is 0.244 e. The van der Waals surface area contributed by atoms with Gasteiger partial charge in [-0.15, -0.1) is 0 Å². The molecule has 0 spiro atoms. The van der Waals surface area contributed by atoms with Crippen molar-refractivity contribution in [2.24, 2.45) is 5.92 Å².